The molecule has 5 heteroatoms. The summed E-state index contributed by atoms with van der Waals surface area (Å²) in [6.07, 6.45) is 5.09. The van der Waals surface area contributed by atoms with Crippen molar-refractivity contribution >= 4 is 17.5 Å². The lowest BCUT2D eigenvalue weighted by molar-refractivity contribution is -0.135. The molecule has 2 aliphatic rings. The lowest BCUT2D eigenvalue weighted by atomic mass is 9.87. The highest BCUT2D eigenvalue weighted by Gasteiger charge is 2.36. The molecule has 1 fully saturated rings. The van der Waals surface area contributed by atoms with Gasteiger partial charge >= 0.3 is 0 Å². The molecule has 1 aromatic rings. The van der Waals surface area contributed by atoms with Gasteiger partial charge in [-0.1, -0.05) is 29.3 Å². The van der Waals surface area contributed by atoms with Gasteiger partial charge in [0.1, 0.15) is 5.82 Å². The maximum atomic E-state index is 13.1. The maximum absolute atomic E-state index is 13.1. The van der Waals surface area contributed by atoms with Gasteiger partial charge in [-0.05, 0) is 43.9 Å². The Bertz CT molecular complexity index is 636. The first-order valence-corrected chi connectivity index (χ1v) is 8.39. The van der Waals surface area contributed by atoms with Crippen molar-refractivity contribution in [2.45, 2.75) is 38.2 Å². The van der Waals surface area contributed by atoms with Crippen LogP contribution in [0.3, 0.4) is 0 Å². The minimum absolute atomic E-state index is 0.0323. The third-order valence-electron chi connectivity index (χ3n) is 4.71. The van der Waals surface area contributed by atoms with Crippen molar-refractivity contribution < 1.29 is 13.9 Å². The molecule has 0 N–H and O–H groups in total. The second kappa shape index (κ2) is 6.62. The highest BCUT2D eigenvalue weighted by atomic mass is 35.5. The largest absolute Gasteiger partial charge is 0.370 e. The molecule has 1 aromatic carbocycles. The molecular weight excluding hydrogens is 317 g/mol. The molecular formula is C18H21ClFNO2. The van der Waals surface area contributed by atoms with Crippen molar-refractivity contribution in [3.8, 4) is 0 Å². The third-order valence-corrected chi connectivity index (χ3v) is 5.07. The molecule has 23 heavy (non-hydrogen) atoms. The number of nitrogens with zero attached hydrogens (tertiary/aromatic N) is 1. The summed E-state index contributed by atoms with van der Waals surface area (Å²) < 4.78 is 19.1. The zero-order valence-electron chi connectivity index (χ0n) is 13.3. The Kier molecular flexibility index (Phi) is 4.74. The van der Waals surface area contributed by atoms with Gasteiger partial charge in [-0.25, -0.2) is 4.39 Å². The van der Waals surface area contributed by atoms with Crippen LogP contribution in [0.25, 0.3) is 0 Å². The first-order chi connectivity index (χ1) is 11.0. The number of amides is 1. The molecule has 2 heterocycles. The van der Waals surface area contributed by atoms with Gasteiger partial charge in [0.25, 0.3) is 0 Å². The van der Waals surface area contributed by atoms with E-state index in [9.17, 15) is 9.18 Å². The van der Waals surface area contributed by atoms with E-state index in [-0.39, 0.29) is 23.7 Å². The molecule has 3 nitrogen and oxygen atoms in total. The third kappa shape index (κ3) is 3.75. The van der Waals surface area contributed by atoms with Gasteiger partial charge in [-0.3, -0.25) is 4.79 Å². The van der Waals surface area contributed by atoms with Crippen molar-refractivity contribution in [1.82, 2.24) is 4.90 Å². The van der Waals surface area contributed by atoms with Crippen molar-refractivity contribution in [2.24, 2.45) is 0 Å². The van der Waals surface area contributed by atoms with E-state index in [4.69, 9.17) is 16.3 Å². The molecule has 0 atom stereocenters. The summed E-state index contributed by atoms with van der Waals surface area (Å²) in [4.78, 5) is 14.3. The number of hydrogen-bond acceptors (Lipinski definition) is 2. The Morgan fingerprint density at radius 3 is 2.78 bits per heavy atom. The Morgan fingerprint density at radius 2 is 2.13 bits per heavy atom. The van der Waals surface area contributed by atoms with Gasteiger partial charge in [0.2, 0.25) is 5.91 Å². The number of hydrogen-bond donors (Lipinski definition) is 0. The molecule has 0 aliphatic carbocycles. The molecule has 1 amide bonds. The molecule has 1 spiro atoms. The smallest absolute Gasteiger partial charge is 0.227 e. The van der Waals surface area contributed by atoms with Gasteiger partial charge in [-0.15, -0.1) is 0 Å². The van der Waals surface area contributed by atoms with Crippen LogP contribution in [0.5, 0.6) is 0 Å². The van der Waals surface area contributed by atoms with Gasteiger partial charge in [0, 0.05) is 18.1 Å². The van der Waals surface area contributed by atoms with E-state index in [1.54, 1.807) is 6.07 Å². The maximum Gasteiger partial charge on any atom is 0.227 e. The normalized spacial score (nSPS) is 20.5. The lowest BCUT2D eigenvalue weighted by Gasteiger charge is -2.42. The molecule has 2 aliphatic heterocycles. The van der Waals surface area contributed by atoms with Crippen LogP contribution < -0.4 is 0 Å². The second-order valence-electron chi connectivity index (χ2n) is 6.45. The minimum Gasteiger partial charge on any atom is -0.370 e. The first-order valence-electron chi connectivity index (χ1n) is 8.01. The topological polar surface area (TPSA) is 29.5 Å². The van der Waals surface area contributed by atoms with Crippen molar-refractivity contribution in [1.29, 1.82) is 0 Å². The number of halogens is 2. The molecule has 3 rings (SSSR count). The average molecular weight is 338 g/mol. The van der Waals surface area contributed by atoms with E-state index in [1.165, 1.54) is 17.7 Å². The lowest BCUT2D eigenvalue weighted by Crippen LogP contribution is -2.48. The number of benzene rings is 1. The van der Waals surface area contributed by atoms with E-state index in [1.807, 2.05) is 4.90 Å². The van der Waals surface area contributed by atoms with E-state index in [0.29, 0.717) is 23.7 Å². The fraction of sp³-hybridized carbons (Fsp3) is 0.500. The molecule has 124 valence electrons. The summed E-state index contributed by atoms with van der Waals surface area (Å²) in [5.74, 6) is -0.354. The summed E-state index contributed by atoms with van der Waals surface area (Å²) >= 11 is 6.01. The van der Waals surface area contributed by atoms with Crippen LogP contribution >= 0.6 is 11.6 Å². The van der Waals surface area contributed by atoms with Crippen molar-refractivity contribution in [2.75, 3.05) is 19.7 Å². The Balaban J connectivity index is 1.61. The zero-order valence-corrected chi connectivity index (χ0v) is 14.0. The fourth-order valence-electron chi connectivity index (χ4n) is 3.34. The van der Waals surface area contributed by atoms with Crippen LogP contribution in [0.1, 0.15) is 31.7 Å². The summed E-state index contributed by atoms with van der Waals surface area (Å²) in [7, 11) is 0. The van der Waals surface area contributed by atoms with Crippen molar-refractivity contribution in [3.63, 3.8) is 0 Å². The van der Waals surface area contributed by atoms with Crippen LogP contribution in [0.15, 0.2) is 29.8 Å². The van der Waals surface area contributed by atoms with Crippen LogP contribution in [0.4, 0.5) is 4.39 Å². The van der Waals surface area contributed by atoms with E-state index in [0.717, 1.165) is 25.9 Å². The van der Waals surface area contributed by atoms with E-state index < -0.39 is 0 Å². The minimum atomic E-state index is -0.386. The highest BCUT2D eigenvalue weighted by Crippen LogP contribution is 2.33. The summed E-state index contributed by atoms with van der Waals surface area (Å²) in [5, 5.41) is 0.306. The highest BCUT2D eigenvalue weighted by molar-refractivity contribution is 6.31. The Labute approximate surface area is 141 Å². The predicted molar refractivity (Wildman–Crippen MR) is 88.0 cm³/mol. The average Bonchev–Trinajstić information content (AvgIpc) is 2.50. The van der Waals surface area contributed by atoms with Gasteiger partial charge in [0.15, 0.2) is 0 Å². The number of piperidine rings is 1. The molecule has 0 aromatic heterocycles. The van der Waals surface area contributed by atoms with Gasteiger partial charge < -0.3 is 9.64 Å². The van der Waals surface area contributed by atoms with Crippen LogP contribution in [-0.2, 0) is 16.0 Å². The second-order valence-corrected chi connectivity index (χ2v) is 6.85. The molecule has 0 saturated carbocycles. The monoisotopic (exact) mass is 337 g/mol. The fourth-order valence-corrected chi connectivity index (χ4v) is 3.58. The van der Waals surface area contributed by atoms with Crippen molar-refractivity contribution in [3.05, 3.63) is 46.3 Å². The molecule has 0 unspecified atom stereocenters. The predicted octanol–water partition coefficient (Wildman–Crippen LogP) is 3.75. The van der Waals surface area contributed by atoms with Crippen LogP contribution in [-0.4, -0.2) is 36.1 Å². The number of ether oxygens (including phenoxy) is 1. The summed E-state index contributed by atoms with van der Waals surface area (Å²) in [5.41, 5.74) is 1.85. The number of likely N-dealkylation sites (tertiary alicyclic amines) is 1. The number of carbonyl (C=O) groups excluding carboxylic acids is 1. The van der Waals surface area contributed by atoms with Crippen LogP contribution in [0.2, 0.25) is 5.02 Å². The Morgan fingerprint density at radius 1 is 1.39 bits per heavy atom. The zero-order chi connectivity index (χ0) is 16.4. The Hall–Kier alpha value is -1.39. The van der Waals surface area contributed by atoms with E-state index >= 15 is 0 Å². The van der Waals surface area contributed by atoms with Gasteiger partial charge in [0.05, 0.1) is 18.6 Å². The number of carbonyl (C=O) groups is 1. The first kappa shape index (κ1) is 16.5. The quantitative estimate of drug-likeness (QED) is 0.769. The van der Waals surface area contributed by atoms with Gasteiger partial charge in [-0.2, -0.15) is 0 Å². The van der Waals surface area contributed by atoms with Crippen LogP contribution in [0, 0.1) is 5.82 Å². The summed E-state index contributed by atoms with van der Waals surface area (Å²) in [6.45, 7) is 4.27. The SMILES string of the molecule is CC1=CC2(CCN(C(=O)Cc3ccc(F)cc3Cl)CC2)OCC1. The molecule has 0 radical (unpaired) electrons. The van der Waals surface area contributed by atoms with E-state index in [2.05, 4.69) is 13.0 Å². The summed E-state index contributed by atoms with van der Waals surface area (Å²) in [6, 6.07) is 4.17. The standard InChI is InChI=1S/C18H21ClFNO2/c1-13-4-9-23-18(12-13)5-7-21(8-6-18)17(22)10-14-2-3-15(20)11-16(14)19/h2-3,11-12H,4-10H2,1H3. The molecule has 0 bridgehead atoms. The number of rotatable bonds is 2. The molecule has 1 saturated heterocycles.